The lowest BCUT2D eigenvalue weighted by Gasteiger charge is -2.32. The molecule has 0 radical (unpaired) electrons. The van der Waals surface area contributed by atoms with Gasteiger partial charge in [0, 0.05) is 27.2 Å². The van der Waals surface area contributed by atoms with E-state index in [0.29, 0.717) is 17.1 Å². The molecule has 7 heteroatoms. The number of hydrogen-bond acceptors (Lipinski definition) is 3. The molecule has 1 aromatic heterocycles. The minimum absolute atomic E-state index is 0.0620. The Kier molecular flexibility index (Phi) is 5.65. The first-order chi connectivity index (χ1) is 14.0. The van der Waals surface area contributed by atoms with Gasteiger partial charge in [-0.15, -0.1) is 0 Å². The second-order valence-electron chi connectivity index (χ2n) is 7.72. The largest absolute Gasteiger partial charge is 0.505 e. The first-order valence-electron chi connectivity index (χ1n) is 9.62. The van der Waals surface area contributed by atoms with E-state index in [4.69, 9.17) is 11.6 Å². The molecule has 0 saturated heterocycles. The number of aromatic hydroxyl groups is 1. The highest BCUT2D eigenvalue weighted by atomic mass is 35.5. The van der Waals surface area contributed by atoms with Gasteiger partial charge < -0.3 is 10.2 Å². The lowest BCUT2D eigenvalue weighted by atomic mass is 9.70. The van der Waals surface area contributed by atoms with Gasteiger partial charge in [0.2, 0.25) is 0 Å². The molecule has 0 aliphatic rings. The van der Waals surface area contributed by atoms with Crippen molar-refractivity contribution >= 4 is 34.4 Å². The fourth-order valence-electron chi connectivity index (χ4n) is 4.07. The van der Waals surface area contributed by atoms with Crippen LogP contribution in [0.5, 0.6) is 5.75 Å². The van der Waals surface area contributed by atoms with Gasteiger partial charge in [0.25, 0.3) is 5.91 Å². The summed E-state index contributed by atoms with van der Waals surface area (Å²) in [7, 11) is 0. The van der Waals surface area contributed by atoms with Crippen LogP contribution in [0.3, 0.4) is 0 Å². The number of rotatable bonds is 5. The highest BCUT2D eigenvalue weighted by Crippen LogP contribution is 2.44. The number of carboxylic acid groups (broad SMARTS) is 1. The molecule has 0 spiro atoms. The fraction of sp³-hybridized carbons (Fsp3) is 0.304. The number of carbonyl (C=O) groups excluding carboxylic acids is 1. The van der Waals surface area contributed by atoms with Crippen molar-refractivity contribution in [2.24, 2.45) is 5.92 Å². The zero-order valence-electron chi connectivity index (χ0n) is 17.2. The molecule has 2 aromatic carbocycles. The second kappa shape index (κ2) is 7.76. The lowest BCUT2D eigenvalue weighted by Crippen LogP contribution is -2.39. The molecule has 1 heterocycles. The summed E-state index contributed by atoms with van der Waals surface area (Å²) in [5.41, 5.74) is -0.513. The monoisotopic (exact) mass is 431 g/mol. The number of phenols is 1. The third-order valence-electron chi connectivity index (χ3n) is 6.12. The Morgan fingerprint density at radius 1 is 1.27 bits per heavy atom. The van der Waals surface area contributed by atoms with Crippen molar-refractivity contribution in [1.29, 1.82) is 0 Å². The average Bonchev–Trinajstić information content (AvgIpc) is 3.01. The molecule has 0 aliphatic carbocycles. The normalized spacial score (nSPS) is 14.5. The van der Waals surface area contributed by atoms with Crippen LogP contribution in [-0.2, 0) is 10.2 Å². The summed E-state index contributed by atoms with van der Waals surface area (Å²) in [5.74, 6) is -3.51. The summed E-state index contributed by atoms with van der Waals surface area (Å²) >= 11 is 6.03. The maximum atomic E-state index is 15.2. The Morgan fingerprint density at radius 3 is 2.50 bits per heavy atom. The third kappa shape index (κ3) is 3.16. The molecule has 0 bridgehead atoms. The van der Waals surface area contributed by atoms with Gasteiger partial charge in [0.05, 0.1) is 10.9 Å². The maximum Gasteiger partial charge on any atom is 0.314 e. The van der Waals surface area contributed by atoms with E-state index < -0.39 is 28.9 Å². The van der Waals surface area contributed by atoms with E-state index >= 15 is 4.39 Å². The standard InChI is InChI=1S/C23H23ClFNO4/c1-5-12(2)23(4,22(29)30)19-13(3)26(16-9-10-17(27)20(25)18(16)19)21(28)14-7-6-8-15(24)11-14/h6-12,27H,5H2,1-4H3,(H,29,30)/t12?,23-/m1/s1. The molecule has 3 aromatic rings. The maximum absolute atomic E-state index is 15.2. The van der Waals surface area contributed by atoms with Crippen LogP contribution in [0.4, 0.5) is 4.39 Å². The zero-order valence-corrected chi connectivity index (χ0v) is 17.9. The van der Waals surface area contributed by atoms with Crippen LogP contribution in [-0.4, -0.2) is 26.7 Å². The van der Waals surface area contributed by atoms with E-state index in [9.17, 15) is 19.8 Å². The predicted molar refractivity (Wildman–Crippen MR) is 114 cm³/mol. The van der Waals surface area contributed by atoms with E-state index in [0.717, 1.165) is 6.07 Å². The van der Waals surface area contributed by atoms with E-state index in [2.05, 4.69) is 0 Å². The van der Waals surface area contributed by atoms with E-state index in [1.54, 1.807) is 32.0 Å². The van der Waals surface area contributed by atoms with Crippen LogP contribution < -0.4 is 0 Å². The molecule has 2 N–H and O–H groups in total. The molecule has 158 valence electrons. The van der Waals surface area contributed by atoms with Crippen molar-refractivity contribution < 1.29 is 24.2 Å². The van der Waals surface area contributed by atoms with Crippen LogP contribution in [0.15, 0.2) is 36.4 Å². The molecule has 3 rings (SSSR count). The minimum atomic E-state index is -1.48. The average molecular weight is 432 g/mol. The Labute approximate surface area is 178 Å². The number of benzene rings is 2. The summed E-state index contributed by atoms with van der Waals surface area (Å²) in [5, 5.41) is 20.4. The van der Waals surface area contributed by atoms with E-state index in [1.165, 1.54) is 23.6 Å². The van der Waals surface area contributed by atoms with Crippen molar-refractivity contribution in [3.05, 3.63) is 64.1 Å². The van der Waals surface area contributed by atoms with Crippen molar-refractivity contribution in [3.63, 3.8) is 0 Å². The number of nitrogens with zero attached hydrogens (tertiary/aromatic N) is 1. The van der Waals surface area contributed by atoms with Crippen LogP contribution >= 0.6 is 11.6 Å². The van der Waals surface area contributed by atoms with Gasteiger partial charge in [-0.25, -0.2) is 4.39 Å². The number of carboxylic acids is 1. The van der Waals surface area contributed by atoms with Gasteiger partial charge in [-0.3, -0.25) is 14.2 Å². The quantitative estimate of drug-likeness (QED) is 0.557. The molecule has 2 atom stereocenters. The molecule has 0 fully saturated rings. The molecule has 0 saturated carbocycles. The van der Waals surface area contributed by atoms with E-state index in [1.807, 2.05) is 6.92 Å². The molecular weight excluding hydrogens is 409 g/mol. The summed E-state index contributed by atoms with van der Waals surface area (Å²) in [6.45, 7) is 6.75. The second-order valence-corrected chi connectivity index (χ2v) is 8.16. The highest BCUT2D eigenvalue weighted by Gasteiger charge is 2.45. The van der Waals surface area contributed by atoms with E-state index in [-0.39, 0.29) is 27.9 Å². The van der Waals surface area contributed by atoms with Crippen molar-refractivity contribution in [2.75, 3.05) is 0 Å². The number of halogens is 2. The topological polar surface area (TPSA) is 79.5 Å². The Bertz CT molecular complexity index is 1170. The minimum Gasteiger partial charge on any atom is -0.505 e. The van der Waals surface area contributed by atoms with Crippen LogP contribution in [0.2, 0.25) is 5.02 Å². The third-order valence-corrected chi connectivity index (χ3v) is 6.36. The van der Waals surface area contributed by atoms with Gasteiger partial charge in [-0.2, -0.15) is 0 Å². The number of fused-ring (bicyclic) bond motifs is 1. The Morgan fingerprint density at radius 2 is 1.93 bits per heavy atom. The molecule has 30 heavy (non-hydrogen) atoms. The van der Waals surface area contributed by atoms with Crippen molar-refractivity contribution in [3.8, 4) is 5.75 Å². The zero-order chi connectivity index (χ0) is 22.4. The Balaban J connectivity index is 2.45. The van der Waals surface area contributed by atoms with Crippen LogP contribution in [0, 0.1) is 18.7 Å². The van der Waals surface area contributed by atoms with Gasteiger partial charge >= 0.3 is 5.97 Å². The molecule has 5 nitrogen and oxygen atoms in total. The SMILES string of the molecule is CCC(C)[C@@](C)(C(=O)O)c1c(C)n(C(=O)c2cccc(Cl)c2)c2ccc(O)c(F)c12. The number of aliphatic carboxylic acids is 1. The van der Waals surface area contributed by atoms with Gasteiger partial charge in [0.1, 0.15) is 0 Å². The van der Waals surface area contributed by atoms with Crippen molar-refractivity contribution in [2.45, 2.75) is 39.5 Å². The summed E-state index contributed by atoms with van der Waals surface area (Å²) in [6, 6.07) is 8.92. The van der Waals surface area contributed by atoms with Crippen molar-refractivity contribution in [1.82, 2.24) is 4.57 Å². The molecule has 0 aliphatic heterocycles. The summed E-state index contributed by atoms with van der Waals surface area (Å²) < 4.78 is 16.4. The van der Waals surface area contributed by atoms with Crippen LogP contribution in [0.1, 0.15) is 48.8 Å². The highest BCUT2D eigenvalue weighted by molar-refractivity contribution is 6.31. The van der Waals surface area contributed by atoms with Gasteiger partial charge in [-0.1, -0.05) is 37.9 Å². The smallest absolute Gasteiger partial charge is 0.314 e. The first kappa shape index (κ1) is 21.8. The first-order valence-corrected chi connectivity index (χ1v) is 10.00. The lowest BCUT2D eigenvalue weighted by molar-refractivity contribution is -0.145. The summed E-state index contributed by atoms with van der Waals surface area (Å²) in [6.07, 6.45) is 0.525. The molecular formula is C23H23ClFNO4. The number of aromatic nitrogens is 1. The van der Waals surface area contributed by atoms with Crippen LogP contribution in [0.25, 0.3) is 10.9 Å². The number of phenolic OH excluding ortho intramolecular Hbond substituents is 1. The summed E-state index contributed by atoms with van der Waals surface area (Å²) in [4.78, 5) is 25.8. The number of carbonyl (C=O) groups is 2. The van der Waals surface area contributed by atoms with Gasteiger partial charge in [-0.05, 0) is 50.1 Å². The molecule has 1 unspecified atom stereocenters. The fourth-order valence-corrected chi connectivity index (χ4v) is 4.26. The number of hydrogen-bond donors (Lipinski definition) is 2. The Hall–Kier alpha value is -2.86. The predicted octanol–water partition coefficient (Wildman–Crippen LogP) is 5.52. The molecule has 0 amide bonds. The van der Waals surface area contributed by atoms with Gasteiger partial charge in [0.15, 0.2) is 11.6 Å².